The zero-order chi connectivity index (χ0) is 69.3. The molecule has 17 nitrogen and oxygen atoms in total. The molecule has 558 valence electrons. The third kappa shape index (κ3) is 68.6. The number of phosphoric acid groups is 2. The molecule has 0 bridgehead atoms. The summed E-state index contributed by atoms with van der Waals surface area (Å²) in [5.74, 6) is -0.653. The third-order valence-corrected chi connectivity index (χ3v) is 19.4. The molecule has 0 saturated carbocycles. The van der Waals surface area contributed by atoms with E-state index < -0.39 is 97.5 Å². The molecule has 3 N–H and O–H groups in total. The van der Waals surface area contributed by atoms with Gasteiger partial charge in [0.1, 0.15) is 19.3 Å². The fourth-order valence-electron chi connectivity index (χ4n) is 11.5. The number of aliphatic hydroxyl groups excluding tert-OH is 1. The first-order valence-corrected chi connectivity index (χ1v) is 42.0. The van der Waals surface area contributed by atoms with E-state index in [9.17, 15) is 43.2 Å². The number of ether oxygens (including phenoxy) is 4. The van der Waals surface area contributed by atoms with E-state index in [1.54, 1.807) is 0 Å². The van der Waals surface area contributed by atoms with Crippen molar-refractivity contribution < 1.29 is 80.2 Å². The second kappa shape index (κ2) is 66.9. The minimum atomic E-state index is -4.96. The molecule has 0 aliphatic carbocycles. The van der Waals surface area contributed by atoms with Gasteiger partial charge in [0, 0.05) is 25.7 Å². The number of carbonyl (C=O) groups excluding carboxylic acids is 4. The average molecular weight is 1380 g/mol. The molecule has 5 atom stereocenters. The largest absolute Gasteiger partial charge is 0.472 e. The van der Waals surface area contributed by atoms with Crippen LogP contribution in [0.15, 0.2) is 0 Å². The lowest BCUT2D eigenvalue weighted by Gasteiger charge is -2.21. The van der Waals surface area contributed by atoms with Crippen LogP contribution in [0.1, 0.15) is 388 Å². The smallest absolute Gasteiger partial charge is 0.462 e. The minimum Gasteiger partial charge on any atom is -0.462 e. The Hall–Kier alpha value is -1.94. The molecular weight excluding hydrogens is 1230 g/mol. The summed E-state index contributed by atoms with van der Waals surface area (Å²) in [6.07, 6.45) is 54.1. The summed E-state index contributed by atoms with van der Waals surface area (Å²) in [5, 5.41) is 10.6. The molecule has 19 heteroatoms. The Morgan fingerprint density at radius 2 is 0.489 bits per heavy atom. The van der Waals surface area contributed by atoms with Gasteiger partial charge in [0.25, 0.3) is 0 Å². The van der Waals surface area contributed by atoms with E-state index in [1.807, 2.05) is 0 Å². The standard InChI is InChI=1S/C75H146O17P2/c1-7-9-11-13-15-17-19-21-22-23-24-25-27-29-35-41-48-54-60-75(80)91-70(63-85-72(77)57-51-45-39-33-31-30-32-37-43-49-55-67(3)4)65-89-93(81,82)87-61-69(76)62-88-94(83,84)90-66-71(64-86-73(78)58-52-46-42-36-38-44-50-56-68(5)6)92-74(79)59-53-47-40-34-28-26-20-18-16-14-12-10-8-2/h67-71,76H,7-66H2,1-6H3,(H,81,82)(H,83,84)/t69-,70-,71-/m1/s1. The van der Waals surface area contributed by atoms with Crippen molar-refractivity contribution in [3.05, 3.63) is 0 Å². The predicted molar refractivity (Wildman–Crippen MR) is 381 cm³/mol. The number of phosphoric ester groups is 2. The third-order valence-electron chi connectivity index (χ3n) is 17.5. The molecule has 0 saturated heterocycles. The first-order valence-electron chi connectivity index (χ1n) is 39.0. The maximum absolute atomic E-state index is 13.1. The Morgan fingerprint density at radius 1 is 0.287 bits per heavy atom. The molecule has 0 rings (SSSR count). The quantitative estimate of drug-likeness (QED) is 0.0222. The van der Waals surface area contributed by atoms with Crippen molar-refractivity contribution >= 4 is 39.5 Å². The number of esters is 4. The molecular formula is C75H146O17P2. The molecule has 0 heterocycles. The fraction of sp³-hybridized carbons (Fsp3) is 0.947. The van der Waals surface area contributed by atoms with Crippen LogP contribution in [-0.2, 0) is 65.4 Å². The number of rotatable bonds is 74. The first-order chi connectivity index (χ1) is 45.4. The van der Waals surface area contributed by atoms with Gasteiger partial charge in [-0.25, -0.2) is 9.13 Å². The van der Waals surface area contributed by atoms with E-state index in [0.29, 0.717) is 31.6 Å². The van der Waals surface area contributed by atoms with Gasteiger partial charge < -0.3 is 33.8 Å². The van der Waals surface area contributed by atoms with Gasteiger partial charge >= 0.3 is 39.5 Å². The van der Waals surface area contributed by atoms with Gasteiger partial charge in [-0.1, -0.05) is 337 Å². The van der Waals surface area contributed by atoms with Gasteiger partial charge in [0.15, 0.2) is 12.2 Å². The summed E-state index contributed by atoms with van der Waals surface area (Å²) in [6, 6.07) is 0. The summed E-state index contributed by atoms with van der Waals surface area (Å²) in [6.45, 7) is 9.53. The Kier molecular flexibility index (Phi) is 65.5. The van der Waals surface area contributed by atoms with Crippen LogP contribution in [0.25, 0.3) is 0 Å². The van der Waals surface area contributed by atoms with Gasteiger partial charge in [-0.3, -0.25) is 37.3 Å². The lowest BCUT2D eigenvalue weighted by molar-refractivity contribution is -0.161. The predicted octanol–water partition coefficient (Wildman–Crippen LogP) is 21.9. The molecule has 0 aliphatic rings. The van der Waals surface area contributed by atoms with Crippen LogP contribution in [0.5, 0.6) is 0 Å². The van der Waals surface area contributed by atoms with E-state index in [4.69, 9.17) is 37.0 Å². The molecule has 0 aromatic rings. The Bertz CT molecular complexity index is 1820. The Balaban J connectivity index is 5.24. The molecule has 0 spiro atoms. The van der Waals surface area contributed by atoms with Crippen molar-refractivity contribution in [2.75, 3.05) is 39.6 Å². The van der Waals surface area contributed by atoms with Crippen LogP contribution in [0.4, 0.5) is 0 Å². The molecule has 0 aromatic heterocycles. The summed E-state index contributed by atoms with van der Waals surface area (Å²) >= 11 is 0. The maximum Gasteiger partial charge on any atom is 0.472 e. The van der Waals surface area contributed by atoms with E-state index in [2.05, 4.69) is 41.5 Å². The SMILES string of the molecule is CCCCCCCCCCCCCCCCCCCCC(=O)O[C@H](COC(=O)CCCCCCCCCCCCC(C)C)COP(=O)(O)OC[C@@H](O)COP(=O)(O)OC[C@@H](COC(=O)CCCCCCCCCC(C)C)OC(=O)CCCCCCCCCCCCCCC. The average Bonchev–Trinajstić information content (AvgIpc) is 2.41. The molecule has 0 fully saturated rings. The van der Waals surface area contributed by atoms with Crippen LogP contribution < -0.4 is 0 Å². The van der Waals surface area contributed by atoms with E-state index in [-0.39, 0.29) is 25.7 Å². The van der Waals surface area contributed by atoms with Gasteiger partial charge in [0.05, 0.1) is 26.4 Å². The summed E-state index contributed by atoms with van der Waals surface area (Å²) in [4.78, 5) is 72.8. The van der Waals surface area contributed by atoms with Gasteiger partial charge in [0.2, 0.25) is 0 Å². The van der Waals surface area contributed by atoms with Crippen LogP contribution >= 0.6 is 15.6 Å². The number of aliphatic hydroxyl groups is 1. The Labute approximate surface area is 575 Å². The van der Waals surface area contributed by atoms with Gasteiger partial charge in [-0.2, -0.15) is 0 Å². The molecule has 2 unspecified atom stereocenters. The zero-order valence-corrected chi connectivity index (χ0v) is 63.1. The molecule has 94 heavy (non-hydrogen) atoms. The van der Waals surface area contributed by atoms with Crippen molar-refractivity contribution in [3.8, 4) is 0 Å². The van der Waals surface area contributed by atoms with Crippen LogP contribution in [0, 0.1) is 11.8 Å². The number of carbonyl (C=O) groups is 4. The van der Waals surface area contributed by atoms with E-state index >= 15 is 0 Å². The van der Waals surface area contributed by atoms with Gasteiger partial charge in [-0.15, -0.1) is 0 Å². The highest BCUT2D eigenvalue weighted by atomic mass is 31.2. The van der Waals surface area contributed by atoms with Crippen LogP contribution in [0.2, 0.25) is 0 Å². The van der Waals surface area contributed by atoms with E-state index in [0.717, 1.165) is 102 Å². The number of hydrogen-bond acceptors (Lipinski definition) is 15. The van der Waals surface area contributed by atoms with Crippen LogP contribution in [0.3, 0.4) is 0 Å². The summed E-state index contributed by atoms with van der Waals surface area (Å²) < 4.78 is 68.5. The second-order valence-corrected chi connectivity index (χ2v) is 30.9. The highest BCUT2D eigenvalue weighted by Gasteiger charge is 2.30. The molecule has 0 aliphatic heterocycles. The second-order valence-electron chi connectivity index (χ2n) is 28.0. The van der Waals surface area contributed by atoms with E-state index in [1.165, 1.54) is 199 Å². The summed E-state index contributed by atoms with van der Waals surface area (Å²) in [7, 11) is -9.91. The topological polar surface area (TPSA) is 237 Å². The molecule has 0 aromatic carbocycles. The highest BCUT2D eigenvalue weighted by molar-refractivity contribution is 7.47. The lowest BCUT2D eigenvalue weighted by Crippen LogP contribution is -2.30. The summed E-state index contributed by atoms with van der Waals surface area (Å²) in [5.41, 5.74) is 0. The maximum atomic E-state index is 13.1. The van der Waals surface area contributed by atoms with Crippen molar-refractivity contribution in [1.29, 1.82) is 0 Å². The van der Waals surface area contributed by atoms with Crippen molar-refractivity contribution in [1.82, 2.24) is 0 Å². The minimum absolute atomic E-state index is 0.107. The van der Waals surface area contributed by atoms with Crippen molar-refractivity contribution in [3.63, 3.8) is 0 Å². The molecule has 0 amide bonds. The fourth-order valence-corrected chi connectivity index (χ4v) is 13.1. The Morgan fingerprint density at radius 3 is 0.723 bits per heavy atom. The van der Waals surface area contributed by atoms with Crippen LogP contribution in [-0.4, -0.2) is 96.7 Å². The number of unbranched alkanes of at least 4 members (excludes halogenated alkanes) is 44. The normalized spacial score (nSPS) is 14.0. The van der Waals surface area contributed by atoms with Crippen molar-refractivity contribution in [2.24, 2.45) is 11.8 Å². The van der Waals surface area contributed by atoms with Crippen molar-refractivity contribution in [2.45, 2.75) is 407 Å². The molecule has 0 radical (unpaired) electrons. The lowest BCUT2D eigenvalue weighted by atomic mass is 10.0. The monoisotopic (exact) mass is 1380 g/mol. The first kappa shape index (κ1) is 92.1. The van der Waals surface area contributed by atoms with Gasteiger partial charge in [-0.05, 0) is 37.5 Å². The zero-order valence-electron chi connectivity index (χ0n) is 61.3. The number of hydrogen-bond donors (Lipinski definition) is 3. The highest BCUT2D eigenvalue weighted by Crippen LogP contribution is 2.45.